The number of aliphatic hydroxyl groups is 1. The third kappa shape index (κ3) is 8.74. The topological polar surface area (TPSA) is 177 Å². The molecule has 2 unspecified atom stereocenters. The van der Waals surface area contributed by atoms with Gasteiger partial charge >= 0.3 is 23.9 Å². The fourth-order valence-corrected chi connectivity index (χ4v) is 10.1. The Morgan fingerprint density at radius 1 is 0.982 bits per heavy atom. The number of aliphatic carboxylic acids is 2. The Kier molecular flexibility index (Phi) is 13.2. The number of hydrogen-bond acceptors (Lipinski definition) is 10. The number of hydrogen-bond donors (Lipinski definition) is 3. The minimum atomic E-state index is -2.87. The quantitative estimate of drug-likeness (QED) is 0.194. The van der Waals surface area contributed by atoms with Crippen LogP contribution in [0.1, 0.15) is 82.1 Å². The second-order valence-corrected chi connectivity index (χ2v) is 17.1. The van der Waals surface area contributed by atoms with E-state index in [9.17, 15) is 34.2 Å². The Hall–Kier alpha value is -4.36. The first-order chi connectivity index (χ1) is 26.8. The van der Waals surface area contributed by atoms with Crippen molar-refractivity contribution in [3.63, 3.8) is 0 Å². The fourth-order valence-electron chi connectivity index (χ4n) is 9.68. The second kappa shape index (κ2) is 17.2. The maximum atomic E-state index is 13.1. The van der Waals surface area contributed by atoms with E-state index in [1.807, 2.05) is 26.0 Å². The summed E-state index contributed by atoms with van der Waals surface area (Å²) in [6, 6.07) is 18.9. The highest BCUT2D eigenvalue weighted by atomic mass is 35.5. The SMILES string of the molecule is CC(=O)[C@@]1(OC(=O)CC(O)(CC(=O)O)C(=O)O)CC[C@H]2[C@@H]3C=C(Cl)C4=CC(=O)OC[C@]4(C)[C@H]3CC[C@@]21C.Cc1ccccc1C(OCCN(C)C)c1ccccc1. The van der Waals surface area contributed by atoms with Gasteiger partial charge in [-0.15, -0.1) is 0 Å². The molecule has 0 spiro atoms. The molecule has 2 aromatic rings. The largest absolute Gasteiger partial charge is 0.481 e. The highest BCUT2D eigenvalue weighted by molar-refractivity contribution is 6.32. The summed E-state index contributed by atoms with van der Waals surface area (Å²) in [7, 11) is 4.13. The first kappa shape index (κ1) is 43.8. The summed E-state index contributed by atoms with van der Waals surface area (Å²) in [4.78, 5) is 62.8. The maximum absolute atomic E-state index is 13.1. The maximum Gasteiger partial charge on any atom is 0.336 e. The van der Waals surface area contributed by atoms with Crippen molar-refractivity contribution in [3.05, 3.63) is 94.0 Å². The molecule has 3 aliphatic carbocycles. The molecule has 8 atom stereocenters. The number of carboxylic acids is 2. The zero-order chi connectivity index (χ0) is 41.9. The number of Topliss-reactive ketones (excluding diaryl/α,β-unsaturated/α-hetero) is 1. The van der Waals surface area contributed by atoms with E-state index in [0.29, 0.717) is 24.3 Å². The molecule has 0 aromatic heterocycles. The predicted octanol–water partition coefficient (Wildman–Crippen LogP) is 6.27. The van der Waals surface area contributed by atoms with Crippen LogP contribution < -0.4 is 0 Å². The van der Waals surface area contributed by atoms with E-state index < -0.39 is 64.5 Å². The summed E-state index contributed by atoms with van der Waals surface area (Å²) in [6.45, 7) is 9.20. The highest BCUT2D eigenvalue weighted by Gasteiger charge is 2.68. The molecule has 0 saturated heterocycles. The van der Waals surface area contributed by atoms with Crippen molar-refractivity contribution in [2.45, 2.75) is 83.5 Å². The Morgan fingerprint density at radius 3 is 2.25 bits per heavy atom. The lowest BCUT2D eigenvalue weighted by Gasteiger charge is -2.57. The van der Waals surface area contributed by atoms with Gasteiger partial charge in [0.2, 0.25) is 0 Å². The number of halogens is 1. The Bertz CT molecular complexity index is 1930. The summed E-state index contributed by atoms with van der Waals surface area (Å²) >= 11 is 6.66. The van der Waals surface area contributed by atoms with Crippen LogP contribution in [0.15, 0.2) is 77.4 Å². The number of ketones is 1. The summed E-state index contributed by atoms with van der Waals surface area (Å²) < 4.78 is 17.3. The van der Waals surface area contributed by atoms with Gasteiger partial charge in [-0.25, -0.2) is 9.59 Å². The molecule has 0 bridgehead atoms. The number of benzene rings is 2. The van der Waals surface area contributed by atoms with Gasteiger partial charge in [-0.2, -0.15) is 0 Å². The van der Waals surface area contributed by atoms with Crippen LogP contribution >= 0.6 is 11.6 Å². The molecule has 3 N–H and O–H groups in total. The second-order valence-electron chi connectivity index (χ2n) is 16.6. The molecule has 0 amide bonds. The predicted molar refractivity (Wildman–Crippen MR) is 211 cm³/mol. The molecule has 2 saturated carbocycles. The van der Waals surface area contributed by atoms with Crippen LogP contribution in [0.2, 0.25) is 0 Å². The minimum Gasteiger partial charge on any atom is -0.481 e. The summed E-state index contributed by atoms with van der Waals surface area (Å²) in [5.41, 5.74) is -1.29. The molecule has 13 heteroatoms. The van der Waals surface area contributed by atoms with Crippen LogP contribution in [0.25, 0.3) is 0 Å². The number of ether oxygens (including phenoxy) is 3. The first-order valence-corrected chi connectivity index (χ1v) is 19.7. The van der Waals surface area contributed by atoms with E-state index in [-0.39, 0.29) is 36.9 Å². The highest BCUT2D eigenvalue weighted by Crippen LogP contribution is 2.67. The third-order valence-corrected chi connectivity index (χ3v) is 13.1. The normalized spacial score (nSPS) is 29.1. The third-order valence-electron chi connectivity index (χ3n) is 12.8. The lowest BCUT2D eigenvalue weighted by molar-refractivity contribution is -0.194. The van der Waals surface area contributed by atoms with E-state index in [2.05, 4.69) is 74.4 Å². The number of carboxylic acid groups (broad SMARTS) is 2. The molecule has 2 fully saturated rings. The van der Waals surface area contributed by atoms with Crippen molar-refractivity contribution in [1.82, 2.24) is 4.90 Å². The van der Waals surface area contributed by atoms with Gasteiger partial charge in [0.1, 0.15) is 12.7 Å². The number of fused-ring (bicyclic) bond motifs is 5. The van der Waals surface area contributed by atoms with Crippen molar-refractivity contribution in [1.29, 1.82) is 0 Å². The molecule has 0 radical (unpaired) electrons. The van der Waals surface area contributed by atoms with Crippen LogP contribution in [-0.4, -0.2) is 94.9 Å². The molecule has 308 valence electrons. The van der Waals surface area contributed by atoms with Gasteiger partial charge in [-0.05, 0) is 93.6 Å². The zero-order valence-corrected chi connectivity index (χ0v) is 34.2. The molecule has 1 aliphatic heterocycles. The van der Waals surface area contributed by atoms with Crippen molar-refractivity contribution in [2.24, 2.45) is 28.6 Å². The van der Waals surface area contributed by atoms with E-state index in [1.165, 1.54) is 29.7 Å². The molecule has 6 rings (SSSR count). The number of esters is 2. The van der Waals surface area contributed by atoms with Crippen LogP contribution in [0, 0.1) is 35.5 Å². The van der Waals surface area contributed by atoms with Crippen molar-refractivity contribution in [3.8, 4) is 0 Å². The van der Waals surface area contributed by atoms with Gasteiger partial charge < -0.3 is 34.4 Å². The van der Waals surface area contributed by atoms with Gasteiger partial charge in [0, 0.05) is 28.5 Å². The molecule has 57 heavy (non-hydrogen) atoms. The van der Waals surface area contributed by atoms with Crippen molar-refractivity contribution < 1.29 is 53.5 Å². The number of nitrogens with zero attached hydrogens (tertiary/aromatic N) is 1. The average Bonchev–Trinajstić information content (AvgIpc) is 3.44. The van der Waals surface area contributed by atoms with E-state index in [1.54, 1.807) is 0 Å². The number of rotatable bonds is 13. The number of carbonyl (C=O) groups is 5. The Labute approximate surface area is 338 Å². The summed E-state index contributed by atoms with van der Waals surface area (Å²) in [6.07, 6.45) is 2.92. The Balaban J connectivity index is 0.000000261. The molecule has 2 aromatic carbocycles. The molecular formula is C44H54ClNO11. The fraction of sp³-hybridized carbons (Fsp3) is 0.523. The molecule has 4 aliphatic rings. The number of aryl methyl sites for hydroxylation is 1. The van der Waals surface area contributed by atoms with Crippen LogP contribution in [0.5, 0.6) is 0 Å². The van der Waals surface area contributed by atoms with Crippen LogP contribution in [0.3, 0.4) is 0 Å². The van der Waals surface area contributed by atoms with Crippen LogP contribution in [0.4, 0.5) is 0 Å². The van der Waals surface area contributed by atoms with Gasteiger partial charge in [-0.1, -0.05) is 86.1 Å². The molecular weight excluding hydrogens is 754 g/mol. The van der Waals surface area contributed by atoms with E-state index in [4.69, 9.17) is 30.9 Å². The smallest absolute Gasteiger partial charge is 0.336 e. The van der Waals surface area contributed by atoms with Crippen LogP contribution in [-0.2, 0) is 38.2 Å². The summed E-state index contributed by atoms with van der Waals surface area (Å²) in [5.74, 6) is -5.60. The Morgan fingerprint density at radius 2 is 1.63 bits per heavy atom. The monoisotopic (exact) mass is 807 g/mol. The standard InChI is InChI=1S/C26H31ClO10.C18H23NO/c1-13(28)26(37-21(32)11-25(35,22(33)34)10-19(29)30)7-5-16-14-8-18(27)17-9-20(31)36-12-23(17,2)15(14)4-6-24(16,26)3;1-15-9-7-8-12-17(15)18(20-14-13-19(2)3)16-10-5-4-6-11-16/h8-9,14-16,35H,4-7,10-12H2,1-3H3,(H,29,30)(H,33,34);4-12,18H,13-14H2,1-3H3/t14-,15+,16+,23-,24+,25?,26+;/m1./s1. The van der Waals surface area contributed by atoms with Gasteiger partial charge in [-0.3, -0.25) is 14.4 Å². The number of cyclic esters (lactones) is 1. The minimum absolute atomic E-state index is 0.0114. The zero-order valence-electron chi connectivity index (χ0n) is 33.5. The van der Waals surface area contributed by atoms with Crippen molar-refractivity contribution in [2.75, 3.05) is 33.9 Å². The number of carbonyl (C=O) groups excluding carboxylic acids is 3. The lowest BCUT2D eigenvalue weighted by atomic mass is 9.49. The average molecular weight is 808 g/mol. The lowest BCUT2D eigenvalue weighted by Crippen LogP contribution is -2.59. The van der Waals surface area contributed by atoms with Gasteiger partial charge in [0.15, 0.2) is 17.0 Å². The number of likely N-dealkylation sites (N-methyl/N-ethyl adjacent to an activating group) is 1. The van der Waals surface area contributed by atoms with Gasteiger partial charge in [0.05, 0.1) is 19.4 Å². The first-order valence-electron chi connectivity index (χ1n) is 19.3. The molecule has 12 nitrogen and oxygen atoms in total. The number of allylic oxidation sites excluding steroid dienone is 2. The van der Waals surface area contributed by atoms with Gasteiger partial charge in [0.25, 0.3) is 0 Å². The van der Waals surface area contributed by atoms with Crippen molar-refractivity contribution >= 4 is 41.3 Å². The van der Waals surface area contributed by atoms with E-state index >= 15 is 0 Å². The van der Waals surface area contributed by atoms with E-state index in [0.717, 1.165) is 18.7 Å². The molecule has 1 heterocycles. The summed E-state index contributed by atoms with van der Waals surface area (Å²) in [5, 5.41) is 29.1.